The Bertz CT molecular complexity index is 635. The zero-order valence-electron chi connectivity index (χ0n) is 9.64. The lowest BCUT2D eigenvalue weighted by molar-refractivity contribution is 0.439. The van der Waals surface area contributed by atoms with Crippen LogP contribution in [-0.2, 0) is 0 Å². The Kier molecular flexibility index (Phi) is 3.11. The number of rotatable bonds is 2. The molecule has 0 saturated heterocycles. The van der Waals surface area contributed by atoms with E-state index in [2.05, 4.69) is 4.98 Å². The van der Waals surface area contributed by atoms with Gasteiger partial charge in [-0.3, -0.25) is 0 Å². The van der Waals surface area contributed by atoms with Gasteiger partial charge in [-0.1, -0.05) is 0 Å². The van der Waals surface area contributed by atoms with E-state index >= 15 is 0 Å². The summed E-state index contributed by atoms with van der Waals surface area (Å²) >= 11 is 0. The number of aromatic nitrogens is 1. The maximum atomic E-state index is 13.6. The predicted octanol–water partition coefficient (Wildman–Crippen LogP) is 2.78. The second kappa shape index (κ2) is 4.72. The third-order valence-corrected chi connectivity index (χ3v) is 2.42. The molecule has 0 unspecified atom stereocenters. The maximum Gasteiger partial charge on any atom is 0.183 e. The SMILES string of the molecule is Cc1cc(Oc2cccnc2C#N)c(F)cc1N. The van der Waals surface area contributed by atoms with Crippen molar-refractivity contribution in [1.29, 1.82) is 5.26 Å². The van der Waals surface area contributed by atoms with Gasteiger partial charge in [-0.15, -0.1) is 0 Å². The molecule has 1 aromatic heterocycles. The molecular formula is C13H10FN3O. The van der Waals surface area contributed by atoms with Crippen molar-refractivity contribution in [3.8, 4) is 17.6 Å². The molecule has 0 atom stereocenters. The summed E-state index contributed by atoms with van der Waals surface area (Å²) in [7, 11) is 0. The van der Waals surface area contributed by atoms with E-state index in [1.807, 2.05) is 6.07 Å². The smallest absolute Gasteiger partial charge is 0.183 e. The largest absolute Gasteiger partial charge is 0.451 e. The van der Waals surface area contributed by atoms with Crippen molar-refractivity contribution in [2.75, 3.05) is 5.73 Å². The Hall–Kier alpha value is -2.61. The summed E-state index contributed by atoms with van der Waals surface area (Å²) < 4.78 is 19.0. The van der Waals surface area contributed by atoms with E-state index in [-0.39, 0.29) is 17.2 Å². The maximum absolute atomic E-state index is 13.6. The van der Waals surface area contributed by atoms with Gasteiger partial charge >= 0.3 is 0 Å². The Morgan fingerprint density at radius 1 is 1.39 bits per heavy atom. The van der Waals surface area contributed by atoms with Crippen LogP contribution in [0.25, 0.3) is 0 Å². The van der Waals surface area contributed by atoms with Crippen molar-refractivity contribution < 1.29 is 9.13 Å². The monoisotopic (exact) mass is 243 g/mol. The Morgan fingerprint density at radius 2 is 2.17 bits per heavy atom. The first-order chi connectivity index (χ1) is 8.61. The lowest BCUT2D eigenvalue weighted by Crippen LogP contribution is -1.96. The third-order valence-electron chi connectivity index (χ3n) is 2.42. The molecule has 1 heterocycles. The number of hydrogen-bond acceptors (Lipinski definition) is 4. The molecule has 2 rings (SSSR count). The summed E-state index contributed by atoms with van der Waals surface area (Å²) in [5.41, 5.74) is 6.74. The highest BCUT2D eigenvalue weighted by Gasteiger charge is 2.10. The number of hydrogen-bond donors (Lipinski definition) is 1. The van der Waals surface area contributed by atoms with Gasteiger partial charge in [0.2, 0.25) is 0 Å². The molecule has 0 bridgehead atoms. The van der Waals surface area contributed by atoms with E-state index in [0.717, 1.165) is 0 Å². The number of ether oxygens (including phenoxy) is 1. The number of nitriles is 1. The first kappa shape index (κ1) is 11.9. The number of aryl methyl sites for hydroxylation is 1. The fourth-order valence-corrected chi connectivity index (χ4v) is 1.42. The highest BCUT2D eigenvalue weighted by Crippen LogP contribution is 2.29. The van der Waals surface area contributed by atoms with E-state index in [4.69, 9.17) is 15.7 Å². The van der Waals surface area contributed by atoms with Crippen LogP contribution >= 0.6 is 0 Å². The summed E-state index contributed by atoms with van der Waals surface area (Å²) in [5.74, 6) is -0.347. The molecule has 2 aromatic rings. The number of pyridine rings is 1. The molecule has 0 saturated carbocycles. The van der Waals surface area contributed by atoms with Crippen molar-refractivity contribution in [2.45, 2.75) is 6.92 Å². The Morgan fingerprint density at radius 3 is 2.89 bits per heavy atom. The van der Waals surface area contributed by atoms with Crippen molar-refractivity contribution in [1.82, 2.24) is 4.98 Å². The summed E-state index contributed by atoms with van der Waals surface area (Å²) in [6.45, 7) is 1.75. The molecule has 5 heteroatoms. The lowest BCUT2D eigenvalue weighted by Gasteiger charge is -2.09. The minimum Gasteiger partial charge on any atom is -0.451 e. The number of anilines is 1. The van der Waals surface area contributed by atoms with Gasteiger partial charge in [-0.05, 0) is 30.7 Å². The topological polar surface area (TPSA) is 71.9 Å². The molecule has 90 valence electrons. The molecule has 1 aromatic carbocycles. The highest BCUT2D eigenvalue weighted by atomic mass is 19.1. The number of nitrogens with zero attached hydrogens (tertiary/aromatic N) is 2. The molecule has 0 radical (unpaired) electrons. The number of halogens is 1. The quantitative estimate of drug-likeness (QED) is 0.823. The molecule has 0 amide bonds. The van der Waals surface area contributed by atoms with E-state index < -0.39 is 5.82 Å². The van der Waals surface area contributed by atoms with Crippen LogP contribution in [0.3, 0.4) is 0 Å². The Balaban J connectivity index is 2.41. The fraction of sp³-hybridized carbons (Fsp3) is 0.0769. The van der Waals surface area contributed by atoms with E-state index in [1.165, 1.54) is 18.3 Å². The molecule has 2 N–H and O–H groups in total. The minimum atomic E-state index is -0.578. The van der Waals surface area contributed by atoms with Gasteiger partial charge in [0, 0.05) is 18.0 Å². The molecule has 4 nitrogen and oxygen atoms in total. The van der Waals surface area contributed by atoms with Crippen LogP contribution < -0.4 is 10.5 Å². The van der Waals surface area contributed by atoms with Gasteiger partial charge in [0.05, 0.1) is 0 Å². The second-order valence-corrected chi connectivity index (χ2v) is 3.70. The number of nitrogens with two attached hydrogens (primary N) is 1. The number of benzene rings is 1. The zero-order valence-corrected chi connectivity index (χ0v) is 9.64. The van der Waals surface area contributed by atoms with Crippen LogP contribution in [0.4, 0.5) is 10.1 Å². The predicted molar refractivity (Wildman–Crippen MR) is 64.6 cm³/mol. The average Bonchev–Trinajstić information content (AvgIpc) is 2.36. The fourth-order valence-electron chi connectivity index (χ4n) is 1.42. The molecule has 0 spiro atoms. The van der Waals surface area contributed by atoms with Crippen LogP contribution in [0.1, 0.15) is 11.3 Å². The average molecular weight is 243 g/mol. The van der Waals surface area contributed by atoms with Gasteiger partial charge in [-0.2, -0.15) is 5.26 Å². The zero-order chi connectivity index (χ0) is 13.1. The molecule has 0 aliphatic heterocycles. The molecule has 0 fully saturated rings. The van der Waals surface area contributed by atoms with Crippen LogP contribution in [0, 0.1) is 24.1 Å². The summed E-state index contributed by atoms with van der Waals surface area (Å²) in [5, 5.41) is 8.86. The van der Waals surface area contributed by atoms with Crippen molar-refractivity contribution in [3.05, 3.63) is 47.5 Å². The lowest BCUT2D eigenvalue weighted by atomic mass is 10.2. The normalized spacial score (nSPS) is 9.83. The Labute approximate surface area is 103 Å². The van der Waals surface area contributed by atoms with E-state index in [0.29, 0.717) is 11.3 Å². The van der Waals surface area contributed by atoms with Crippen molar-refractivity contribution in [2.24, 2.45) is 0 Å². The van der Waals surface area contributed by atoms with Crippen LogP contribution in [0.5, 0.6) is 11.5 Å². The summed E-state index contributed by atoms with van der Waals surface area (Å²) in [6, 6.07) is 7.71. The van der Waals surface area contributed by atoms with Gasteiger partial charge in [0.25, 0.3) is 0 Å². The molecule has 0 aliphatic carbocycles. The minimum absolute atomic E-state index is 0.0196. The van der Waals surface area contributed by atoms with Gasteiger partial charge in [-0.25, -0.2) is 9.37 Å². The second-order valence-electron chi connectivity index (χ2n) is 3.70. The first-order valence-corrected chi connectivity index (χ1v) is 5.20. The molecular weight excluding hydrogens is 233 g/mol. The van der Waals surface area contributed by atoms with Gasteiger partial charge in [0.1, 0.15) is 6.07 Å². The van der Waals surface area contributed by atoms with Crippen LogP contribution in [-0.4, -0.2) is 4.98 Å². The summed E-state index contributed by atoms with van der Waals surface area (Å²) in [4.78, 5) is 3.83. The standard InChI is InChI=1S/C13H10FN3O/c1-8-5-13(9(14)6-10(8)16)18-12-3-2-4-17-11(12)7-15/h2-6H,16H2,1H3. The van der Waals surface area contributed by atoms with E-state index in [9.17, 15) is 4.39 Å². The van der Waals surface area contributed by atoms with E-state index in [1.54, 1.807) is 19.1 Å². The summed E-state index contributed by atoms with van der Waals surface area (Å²) in [6.07, 6.45) is 1.47. The van der Waals surface area contributed by atoms with Crippen molar-refractivity contribution >= 4 is 5.69 Å². The van der Waals surface area contributed by atoms with Gasteiger partial charge < -0.3 is 10.5 Å². The van der Waals surface area contributed by atoms with Crippen molar-refractivity contribution in [3.63, 3.8) is 0 Å². The van der Waals surface area contributed by atoms with Gasteiger partial charge in [0.15, 0.2) is 23.0 Å². The first-order valence-electron chi connectivity index (χ1n) is 5.20. The van der Waals surface area contributed by atoms with Crippen LogP contribution in [0.15, 0.2) is 30.5 Å². The van der Waals surface area contributed by atoms with Crippen LogP contribution in [0.2, 0.25) is 0 Å². The third kappa shape index (κ3) is 2.23. The highest BCUT2D eigenvalue weighted by molar-refractivity contribution is 5.51. The molecule has 0 aliphatic rings. The molecule has 18 heavy (non-hydrogen) atoms. The number of nitrogen functional groups attached to an aromatic ring is 1.